The SMILES string of the molecule is Cc1cc(P(C)(C)=O)ccc1Nc1ncc(Cl)c(Nc2ccccc2S(=O)O)n1. The number of nitrogens with one attached hydrogen (secondary N) is 2. The molecule has 29 heavy (non-hydrogen) atoms. The maximum Gasteiger partial charge on any atom is 0.229 e. The molecule has 0 aliphatic rings. The number of halogens is 1. The first-order chi connectivity index (χ1) is 13.6. The van der Waals surface area contributed by atoms with E-state index in [2.05, 4.69) is 20.6 Å². The molecule has 1 unspecified atom stereocenters. The number of rotatable bonds is 6. The van der Waals surface area contributed by atoms with Gasteiger partial charge in [0.15, 0.2) is 16.9 Å². The van der Waals surface area contributed by atoms with Gasteiger partial charge in [0.2, 0.25) is 5.95 Å². The molecule has 0 aliphatic carbocycles. The van der Waals surface area contributed by atoms with E-state index < -0.39 is 18.2 Å². The third kappa shape index (κ3) is 5.22. The molecule has 3 aromatic rings. The van der Waals surface area contributed by atoms with Crippen LogP contribution < -0.4 is 15.9 Å². The first-order valence-electron chi connectivity index (χ1n) is 8.58. The lowest BCUT2D eigenvalue weighted by Gasteiger charge is -2.14. The van der Waals surface area contributed by atoms with E-state index in [0.717, 1.165) is 16.6 Å². The molecule has 7 nitrogen and oxygen atoms in total. The molecule has 0 bridgehead atoms. The molecule has 0 aliphatic heterocycles. The molecular formula is C19H20ClN4O3PS. The van der Waals surface area contributed by atoms with Crippen molar-refractivity contribution < 1.29 is 13.3 Å². The fourth-order valence-electron chi connectivity index (χ4n) is 2.61. The minimum atomic E-state index is -2.35. The highest BCUT2D eigenvalue weighted by molar-refractivity contribution is 7.79. The van der Waals surface area contributed by atoms with Crippen molar-refractivity contribution >= 4 is 58.3 Å². The zero-order chi connectivity index (χ0) is 21.2. The van der Waals surface area contributed by atoms with Crippen LogP contribution in [0, 0.1) is 6.92 Å². The van der Waals surface area contributed by atoms with Gasteiger partial charge in [0, 0.05) is 11.0 Å². The number of aryl methyl sites for hydroxylation is 1. The van der Waals surface area contributed by atoms with Gasteiger partial charge < -0.3 is 19.8 Å². The smallest absolute Gasteiger partial charge is 0.229 e. The van der Waals surface area contributed by atoms with Crippen molar-refractivity contribution in [3.05, 3.63) is 59.2 Å². The normalized spacial score (nSPS) is 12.4. The Morgan fingerprint density at radius 1 is 1.10 bits per heavy atom. The zero-order valence-corrected chi connectivity index (χ0v) is 18.5. The largest absolute Gasteiger partial charge is 0.338 e. The van der Waals surface area contributed by atoms with E-state index in [1.165, 1.54) is 12.3 Å². The summed E-state index contributed by atoms with van der Waals surface area (Å²) < 4.78 is 33.2. The van der Waals surface area contributed by atoms with Crippen LogP contribution in [0.4, 0.5) is 23.1 Å². The van der Waals surface area contributed by atoms with E-state index in [4.69, 9.17) is 11.6 Å². The maximum absolute atomic E-state index is 12.3. The fraction of sp³-hybridized carbons (Fsp3) is 0.158. The van der Waals surface area contributed by atoms with Crippen LogP contribution in [0.2, 0.25) is 5.02 Å². The Labute approximate surface area is 176 Å². The average molecular weight is 451 g/mol. The zero-order valence-electron chi connectivity index (χ0n) is 16.0. The lowest BCUT2D eigenvalue weighted by atomic mass is 10.2. The third-order valence-corrected chi connectivity index (χ3v) is 6.68. The second-order valence-electron chi connectivity index (χ2n) is 6.74. The Morgan fingerprint density at radius 2 is 1.83 bits per heavy atom. The van der Waals surface area contributed by atoms with Crippen LogP contribution in [0.1, 0.15) is 5.56 Å². The molecule has 0 spiro atoms. The third-order valence-electron chi connectivity index (χ3n) is 4.15. The minimum absolute atomic E-state index is 0.215. The predicted molar refractivity (Wildman–Crippen MR) is 119 cm³/mol. The number of para-hydroxylation sites is 1. The molecule has 0 saturated carbocycles. The summed E-state index contributed by atoms with van der Waals surface area (Å²) in [5, 5.41) is 7.16. The minimum Gasteiger partial charge on any atom is -0.338 e. The molecule has 10 heteroatoms. The highest BCUT2D eigenvalue weighted by atomic mass is 35.5. The number of nitrogens with zero attached hydrogens (tertiary/aromatic N) is 2. The van der Waals surface area contributed by atoms with Crippen molar-refractivity contribution in [3.63, 3.8) is 0 Å². The van der Waals surface area contributed by atoms with Gasteiger partial charge in [0.05, 0.1) is 16.8 Å². The molecule has 1 heterocycles. The quantitative estimate of drug-likeness (QED) is 0.367. The molecule has 3 rings (SSSR count). The van der Waals surface area contributed by atoms with E-state index in [1.54, 1.807) is 31.5 Å². The fourth-order valence-corrected chi connectivity index (χ4v) is 4.19. The highest BCUT2D eigenvalue weighted by Gasteiger charge is 2.14. The number of benzene rings is 2. The van der Waals surface area contributed by atoms with E-state index in [9.17, 15) is 13.3 Å². The van der Waals surface area contributed by atoms with Crippen LogP contribution in [-0.2, 0) is 15.6 Å². The summed E-state index contributed by atoms with van der Waals surface area (Å²) in [7, 11) is -2.35. The van der Waals surface area contributed by atoms with Gasteiger partial charge in [-0.05, 0) is 56.1 Å². The lowest BCUT2D eigenvalue weighted by molar-refractivity contribution is 0.564. The second kappa shape index (κ2) is 8.63. The topological polar surface area (TPSA) is 104 Å². The van der Waals surface area contributed by atoms with Crippen LogP contribution in [0.3, 0.4) is 0 Å². The van der Waals surface area contributed by atoms with Crippen molar-refractivity contribution in [2.75, 3.05) is 24.0 Å². The molecular weight excluding hydrogens is 431 g/mol. The second-order valence-corrected chi connectivity index (χ2v) is 11.3. The maximum atomic E-state index is 12.3. The van der Waals surface area contributed by atoms with E-state index in [-0.39, 0.29) is 9.92 Å². The standard InChI is InChI=1S/C19H20ClN4O3PS/c1-12-10-13(28(2,3)25)8-9-15(12)23-19-21-11-14(20)18(24-19)22-16-6-4-5-7-17(16)29(26)27/h4-11H,1-3H3,(H,26,27)(H2,21,22,23,24). The van der Waals surface area contributed by atoms with Crippen molar-refractivity contribution in [2.24, 2.45) is 0 Å². The number of aromatic nitrogens is 2. The average Bonchev–Trinajstić information content (AvgIpc) is 2.65. The van der Waals surface area contributed by atoms with E-state index in [1.807, 2.05) is 25.1 Å². The van der Waals surface area contributed by atoms with Crippen molar-refractivity contribution in [1.29, 1.82) is 0 Å². The van der Waals surface area contributed by atoms with Crippen molar-refractivity contribution in [3.8, 4) is 0 Å². The van der Waals surface area contributed by atoms with Crippen LogP contribution in [0.25, 0.3) is 0 Å². The van der Waals surface area contributed by atoms with Gasteiger partial charge in [0.1, 0.15) is 12.2 Å². The van der Waals surface area contributed by atoms with Gasteiger partial charge in [-0.1, -0.05) is 23.7 Å². The summed E-state index contributed by atoms with van der Waals surface area (Å²) in [4.78, 5) is 8.78. The summed E-state index contributed by atoms with van der Waals surface area (Å²) in [6.07, 6.45) is 1.44. The van der Waals surface area contributed by atoms with Gasteiger partial charge >= 0.3 is 0 Å². The summed E-state index contributed by atoms with van der Waals surface area (Å²) in [5.74, 6) is 0.592. The van der Waals surface area contributed by atoms with Gasteiger partial charge in [0.25, 0.3) is 0 Å². The molecule has 0 saturated heterocycles. The molecule has 2 aromatic carbocycles. The Balaban J connectivity index is 1.89. The van der Waals surface area contributed by atoms with Crippen LogP contribution in [-0.4, -0.2) is 32.1 Å². The Morgan fingerprint density at radius 3 is 2.48 bits per heavy atom. The number of anilines is 4. The molecule has 152 valence electrons. The molecule has 1 aromatic heterocycles. The molecule has 3 N–H and O–H groups in total. The summed E-state index contributed by atoms with van der Waals surface area (Å²) in [6, 6.07) is 12.1. The monoisotopic (exact) mass is 450 g/mol. The van der Waals surface area contributed by atoms with Crippen LogP contribution >= 0.6 is 18.7 Å². The highest BCUT2D eigenvalue weighted by Crippen LogP contribution is 2.36. The van der Waals surface area contributed by atoms with Gasteiger partial charge in [-0.15, -0.1) is 0 Å². The first kappa shape index (κ1) is 21.5. The predicted octanol–water partition coefficient (Wildman–Crippen LogP) is 4.75. The summed E-state index contributed by atoms with van der Waals surface area (Å²) >= 11 is 4.04. The molecule has 0 fully saturated rings. The Hall–Kier alpha value is -2.25. The number of hydrogen-bond donors (Lipinski definition) is 3. The first-order valence-corrected chi connectivity index (χ1v) is 12.7. The van der Waals surface area contributed by atoms with Gasteiger partial charge in [-0.3, -0.25) is 0 Å². The van der Waals surface area contributed by atoms with Crippen LogP contribution in [0.15, 0.2) is 53.6 Å². The van der Waals surface area contributed by atoms with E-state index >= 15 is 0 Å². The molecule has 1 atom stereocenters. The van der Waals surface area contributed by atoms with Crippen molar-refractivity contribution in [1.82, 2.24) is 9.97 Å². The van der Waals surface area contributed by atoms with E-state index in [0.29, 0.717) is 17.5 Å². The summed E-state index contributed by atoms with van der Waals surface area (Å²) in [6.45, 7) is 5.36. The number of hydrogen-bond acceptors (Lipinski definition) is 6. The van der Waals surface area contributed by atoms with Crippen LogP contribution in [0.5, 0.6) is 0 Å². The lowest BCUT2D eigenvalue weighted by Crippen LogP contribution is -2.07. The summed E-state index contributed by atoms with van der Waals surface area (Å²) in [5.41, 5.74) is 2.09. The van der Waals surface area contributed by atoms with Gasteiger partial charge in [-0.25, -0.2) is 9.19 Å². The molecule has 0 amide bonds. The van der Waals surface area contributed by atoms with Crippen molar-refractivity contribution in [2.45, 2.75) is 11.8 Å². The van der Waals surface area contributed by atoms with Gasteiger partial charge in [-0.2, -0.15) is 4.98 Å². The Bertz CT molecular complexity index is 1140. The Kier molecular flexibility index (Phi) is 6.39. The molecule has 0 radical (unpaired) electrons.